The number of aryl methyl sites for hydroxylation is 2. The minimum Gasteiger partial charge on any atom is -0.350 e. The van der Waals surface area contributed by atoms with Crippen LogP contribution in [0.15, 0.2) is 18.2 Å². The lowest BCUT2D eigenvalue weighted by molar-refractivity contribution is 0.250. The summed E-state index contributed by atoms with van der Waals surface area (Å²) in [5.74, 6) is 0. The summed E-state index contributed by atoms with van der Waals surface area (Å²) < 4.78 is 0. The van der Waals surface area contributed by atoms with Crippen LogP contribution in [0, 0.1) is 0 Å². The van der Waals surface area contributed by atoms with E-state index in [4.69, 9.17) is 5.73 Å². The second kappa shape index (κ2) is 5.24. The molecule has 82 valence electrons. The SMILES string of the molecule is CCc1cccc(CC)c1NNC(N)=O. The van der Waals surface area contributed by atoms with Crippen LogP contribution in [0.25, 0.3) is 0 Å². The van der Waals surface area contributed by atoms with Gasteiger partial charge in [-0.25, -0.2) is 4.79 Å². The molecule has 4 N–H and O–H groups in total. The van der Waals surface area contributed by atoms with Gasteiger partial charge in [0, 0.05) is 0 Å². The topological polar surface area (TPSA) is 67.2 Å². The number of hydrogen-bond donors (Lipinski definition) is 3. The van der Waals surface area contributed by atoms with E-state index in [1.54, 1.807) is 0 Å². The molecule has 1 aromatic carbocycles. The first-order valence-electron chi connectivity index (χ1n) is 5.11. The molecule has 0 fully saturated rings. The van der Waals surface area contributed by atoms with Gasteiger partial charge in [-0.2, -0.15) is 0 Å². The quantitative estimate of drug-likeness (QED) is 0.659. The Morgan fingerprint density at radius 2 is 1.80 bits per heavy atom. The molecule has 15 heavy (non-hydrogen) atoms. The summed E-state index contributed by atoms with van der Waals surface area (Å²) in [6.45, 7) is 4.15. The van der Waals surface area contributed by atoms with E-state index < -0.39 is 6.03 Å². The number of carbonyl (C=O) groups excluding carboxylic acids is 1. The molecule has 0 aliphatic heterocycles. The van der Waals surface area contributed by atoms with Crippen molar-refractivity contribution in [2.75, 3.05) is 5.43 Å². The Bertz CT molecular complexity index is 327. The smallest absolute Gasteiger partial charge is 0.330 e. The molecule has 0 saturated carbocycles. The van der Waals surface area contributed by atoms with Gasteiger partial charge in [-0.3, -0.25) is 10.9 Å². The van der Waals surface area contributed by atoms with Crippen molar-refractivity contribution in [1.82, 2.24) is 5.43 Å². The van der Waals surface area contributed by atoms with E-state index in [2.05, 4.69) is 24.7 Å². The third-order valence-corrected chi connectivity index (χ3v) is 2.31. The highest BCUT2D eigenvalue weighted by Crippen LogP contribution is 2.21. The molecule has 1 rings (SSSR count). The van der Waals surface area contributed by atoms with Gasteiger partial charge < -0.3 is 5.73 Å². The van der Waals surface area contributed by atoms with Crippen LogP contribution in [0.3, 0.4) is 0 Å². The molecule has 0 bridgehead atoms. The maximum atomic E-state index is 10.6. The zero-order valence-electron chi connectivity index (χ0n) is 9.13. The van der Waals surface area contributed by atoms with Gasteiger partial charge in [-0.05, 0) is 24.0 Å². The normalized spacial score (nSPS) is 9.73. The van der Waals surface area contributed by atoms with Crippen molar-refractivity contribution in [3.8, 4) is 0 Å². The minimum absolute atomic E-state index is 0.581. The Morgan fingerprint density at radius 3 is 2.20 bits per heavy atom. The number of para-hydroxylation sites is 1. The lowest BCUT2D eigenvalue weighted by atomic mass is 10.0. The Balaban J connectivity index is 2.94. The summed E-state index contributed by atoms with van der Waals surface area (Å²) in [5.41, 5.74) is 13.6. The standard InChI is InChI=1S/C11H17N3O/c1-3-8-6-5-7-9(4-2)10(8)13-14-11(12)15/h5-7,13H,3-4H2,1-2H3,(H3,12,14,15). The molecule has 0 unspecified atom stereocenters. The highest BCUT2D eigenvalue weighted by atomic mass is 16.2. The van der Waals surface area contributed by atoms with Gasteiger partial charge >= 0.3 is 6.03 Å². The van der Waals surface area contributed by atoms with Gasteiger partial charge in [0.2, 0.25) is 0 Å². The van der Waals surface area contributed by atoms with Crippen molar-refractivity contribution >= 4 is 11.7 Å². The summed E-state index contributed by atoms with van der Waals surface area (Å²) in [5, 5.41) is 0. The van der Waals surface area contributed by atoms with Crippen LogP contribution in [0.1, 0.15) is 25.0 Å². The summed E-state index contributed by atoms with van der Waals surface area (Å²) >= 11 is 0. The fraction of sp³-hybridized carbons (Fsp3) is 0.364. The van der Waals surface area contributed by atoms with Crippen molar-refractivity contribution in [1.29, 1.82) is 0 Å². The maximum Gasteiger partial charge on any atom is 0.330 e. The molecule has 0 saturated heterocycles. The second-order valence-corrected chi connectivity index (χ2v) is 3.27. The summed E-state index contributed by atoms with van der Waals surface area (Å²) in [4.78, 5) is 10.6. The zero-order valence-corrected chi connectivity index (χ0v) is 9.13. The molecule has 0 heterocycles. The molecule has 0 aliphatic carbocycles. The van der Waals surface area contributed by atoms with Gasteiger partial charge in [0.05, 0.1) is 5.69 Å². The summed E-state index contributed by atoms with van der Waals surface area (Å²) in [7, 11) is 0. The number of benzene rings is 1. The predicted octanol–water partition coefficient (Wildman–Crippen LogP) is 1.81. The first kappa shape index (κ1) is 11.4. The summed E-state index contributed by atoms with van der Waals surface area (Å²) in [6, 6.07) is 5.50. The molecule has 0 aliphatic rings. The number of nitrogens with two attached hydrogens (primary N) is 1. The van der Waals surface area contributed by atoms with Crippen LogP contribution < -0.4 is 16.6 Å². The number of anilines is 1. The number of hydrogen-bond acceptors (Lipinski definition) is 2. The van der Waals surface area contributed by atoms with Crippen molar-refractivity contribution in [2.45, 2.75) is 26.7 Å². The van der Waals surface area contributed by atoms with Crippen LogP contribution in [0.5, 0.6) is 0 Å². The highest BCUT2D eigenvalue weighted by Gasteiger charge is 2.05. The minimum atomic E-state index is -0.581. The van der Waals surface area contributed by atoms with Crippen LogP contribution in [-0.4, -0.2) is 6.03 Å². The van der Waals surface area contributed by atoms with Gasteiger partial charge in [0.15, 0.2) is 0 Å². The maximum absolute atomic E-state index is 10.6. The number of hydrazine groups is 1. The average molecular weight is 207 g/mol. The Kier molecular flexibility index (Phi) is 3.97. The van der Waals surface area contributed by atoms with E-state index in [-0.39, 0.29) is 0 Å². The monoisotopic (exact) mass is 207 g/mol. The molecular weight excluding hydrogens is 190 g/mol. The Labute approximate surface area is 89.8 Å². The van der Waals surface area contributed by atoms with E-state index >= 15 is 0 Å². The predicted molar refractivity (Wildman–Crippen MR) is 61.5 cm³/mol. The van der Waals surface area contributed by atoms with Crippen LogP contribution in [-0.2, 0) is 12.8 Å². The Morgan fingerprint density at radius 1 is 1.27 bits per heavy atom. The van der Waals surface area contributed by atoms with Gasteiger partial charge in [-0.15, -0.1) is 0 Å². The average Bonchev–Trinajstić information content (AvgIpc) is 2.25. The number of urea groups is 1. The molecular formula is C11H17N3O. The fourth-order valence-corrected chi connectivity index (χ4v) is 1.53. The van der Waals surface area contributed by atoms with Crippen molar-refractivity contribution in [2.24, 2.45) is 5.73 Å². The lowest BCUT2D eigenvalue weighted by Gasteiger charge is -2.14. The molecule has 0 atom stereocenters. The third-order valence-electron chi connectivity index (χ3n) is 2.31. The van der Waals surface area contributed by atoms with Gasteiger partial charge in [-0.1, -0.05) is 32.0 Å². The van der Waals surface area contributed by atoms with Crippen LogP contribution in [0.4, 0.5) is 10.5 Å². The molecule has 0 aromatic heterocycles. The lowest BCUT2D eigenvalue weighted by Crippen LogP contribution is -2.34. The first-order valence-corrected chi connectivity index (χ1v) is 5.11. The molecule has 4 nitrogen and oxygen atoms in total. The van der Waals surface area contributed by atoms with Crippen molar-refractivity contribution in [3.63, 3.8) is 0 Å². The summed E-state index contributed by atoms with van der Waals surface area (Å²) in [6.07, 6.45) is 1.83. The fourth-order valence-electron chi connectivity index (χ4n) is 1.53. The van der Waals surface area contributed by atoms with Crippen LogP contribution >= 0.6 is 0 Å². The van der Waals surface area contributed by atoms with Crippen molar-refractivity contribution in [3.05, 3.63) is 29.3 Å². The van der Waals surface area contributed by atoms with E-state index in [0.717, 1.165) is 18.5 Å². The zero-order chi connectivity index (χ0) is 11.3. The van der Waals surface area contributed by atoms with E-state index in [1.165, 1.54) is 11.1 Å². The molecule has 0 radical (unpaired) electrons. The van der Waals surface area contributed by atoms with E-state index in [0.29, 0.717) is 0 Å². The molecule has 0 spiro atoms. The largest absolute Gasteiger partial charge is 0.350 e. The molecule has 2 amide bonds. The van der Waals surface area contributed by atoms with Crippen LogP contribution in [0.2, 0.25) is 0 Å². The molecule has 4 heteroatoms. The third kappa shape index (κ3) is 2.87. The highest BCUT2D eigenvalue weighted by molar-refractivity contribution is 5.74. The van der Waals surface area contributed by atoms with Crippen molar-refractivity contribution < 1.29 is 4.79 Å². The molecule has 1 aromatic rings. The first-order chi connectivity index (χ1) is 7.19. The number of nitrogens with one attached hydrogen (secondary N) is 2. The Hall–Kier alpha value is -1.71. The number of amides is 2. The van der Waals surface area contributed by atoms with E-state index in [1.807, 2.05) is 18.2 Å². The van der Waals surface area contributed by atoms with Gasteiger partial charge in [0.25, 0.3) is 0 Å². The second-order valence-electron chi connectivity index (χ2n) is 3.27. The van der Waals surface area contributed by atoms with Gasteiger partial charge in [0.1, 0.15) is 0 Å². The number of carbonyl (C=O) groups is 1. The number of rotatable bonds is 4. The number of primary amides is 1. The van der Waals surface area contributed by atoms with E-state index in [9.17, 15) is 4.79 Å².